The number of ether oxygens (including phenoxy) is 6. The van der Waals surface area contributed by atoms with E-state index in [0.29, 0.717) is 51.3 Å². The highest BCUT2D eigenvalue weighted by Crippen LogP contribution is 2.24. The molecule has 2 aliphatic heterocycles. The first-order valence-corrected chi connectivity index (χ1v) is 22.7. The van der Waals surface area contributed by atoms with Gasteiger partial charge in [-0.3, -0.25) is 8.57 Å². The van der Waals surface area contributed by atoms with Gasteiger partial charge in [0.25, 0.3) is 0 Å². The number of nitrogens with zero attached hydrogens (tertiary/aromatic N) is 1. The second-order valence-corrected chi connectivity index (χ2v) is 17.1. The highest BCUT2D eigenvalue weighted by molar-refractivity contribution is 9.09. The third kappa shape index (κ3) is 41.9. The van der Waals surface area contributed by atoms with Crippen LogP contribution >= 0.6 is 31.9 Å². The van der Waals surface area contributed by atoms with Crippen molar-refractivity contribution in [3.63, 3.8) is 0 Å². The van der Waals surface area contributed by atoms with Gasteiger partial charge in [0.1, 0.15) is 24.6 Å². The summed E-state index contributed by atoms with van der Waals surface area (Å²) in [5.41, 5.74) is -6.37. The average Bonchev–Trinajstić information content (AvgIpc) is 3.15. The lowest BCUT2D eigenvalue weighted by molar-refractivity contribution is -0.164. The topological polar surface area (TPSA) is 180 Å². The van der Waals surface area contributed by atoms with Gasteiger partial charge in [-0.15, -0.1) is 0 Å². The minimum absolute atomic E-state index is 0.0177. The zero-order chi connectivity index (χ0) is 45.8. The predicted molar refractivity (Wildman–Crippen MR) is 218 cm³/mol. The van der Waals surface area contributed by atoms with E-state index in [9.17, 15) is 44.3 Å². The van der Waals surface area contributed by atoms with E-state index >= 15 is 0 Å². The summed E-state index contributed by atoms with van der Waals surface area (Å²) in [5, 5.41) is 13.9. The van der Waals surface area contributed by atoms with Gasteiger partial charge in [-0.05, 0) is 80.1 Å². The Balaban J connectivity index is -0.000000726. The van der Waals surface area contributed by atoms with Gasteiger partial charge in [0.2, 0.25) is 0 Å². The van der Waals surface area contributed by atoms with Gasteiger partial charge < -0.3 is 49.1 Å². The van der Waals surface area contributed by atoms with Crippen LogP contribution in [0.3, 0.4) is 0 Å². The van der Waals surface area contributed by atoms with E-state index < -0.39 is 52.3 Å². The third-order valence-electron chi connectivity index (χ3n) is 6.25. The Kier molecular flexibility index (Phi) is 39.2. The van der Waals surface area contributed by atoms with Crippen LogP contribution in [0.5, 0.6) is 0 Å². The summed E-state index contributed by atoms with van der Waals surface area (Å²) in [6.45, 7) is 13.0. The number of alkyl carbamates (subject to hydrolysis) is 1. The Bertz CT molecular complexity index is 1110. The number of alkyl halides is 8. The quantitative estimate of drug-likeness (QED) is 0.0424. The standard InChI is InChI=1S/C14H26FNO4.C12H23NO4.C4H10FNO.C3H4BrF3O3S.C2H4BrF/c1-14(2,3)20-13(17)16(8-7-15)9-11-19-12-6-4-5-10-18-12;1-12(2,3)17-11(14)13-7-9-16-10-6-4-5-8-15-10;5-1-2-6-3-4-7;4-1-2-10-11(8,9)3(5,6)7;3-1-2-4/h12H,4-11H2,1-3H3;10H,4-9H2,1-3H3,(H,13,14);6-7H,1-4H2;1-2H2;1-2H2/i15-1;;5-1;;4-1. The lowest BCUT2D eigenvalue weighted by atomic mass is 10.2. The van der Waals surface area contributed by atoms with Crippen molar-refractivity contribution in [1.29, 1.82) is 0 Å². The highest BCUT2D eigenvalue weighted by Gasteiger charge is 2.47. The molecule has 0 aliphatic carbocycles. The zero-order valence-electron chi connectivity index (χ0n) is 35.0. The molecule has 2 saturated heterocycles. The van der Waals surface area contributed by atoms with E-state index in [2.05, 4.69) is 46.7 Å². The zero-order valence-corrected chi connectivity index (χ0v) is 39.0. The summed E-state index contributed by atoms with van der Waals surface area (Å²) >= 11 is 5.59. The molecule has 0 spiro atoms. The van der Waals surface area contributed by atoms with Crippen LogP contribution in [0.1, 0.15) is 80.1 Å². The van der Waals surface area contributed by atoms with Crippen molar-refractivity contribution in [2.24, 2.45) is 0 Å². The number of nitrogens with one attached hydrogen (secondary N) is 2. The van der Waals surface area contributed by atoms with E-state index in [1.165, 1.54) is 4.90 Å². The minimum atomic E-state index is -5.39. The molecule has 0 bridgehead atoms. The summed E-state index contributed by atoms with van der Waals surface area (Å²) in [6, 6.07) is 0. The molecule has 0 aromatic carbocycles. The number of aliphatic hydroxyl groups excluding tert-OH is 1. The Morgan fingerprint density at radius 1 is 0.746 bits per heavy atom. The number of carbonyl (C=O) groups is 2. The van der Waals surface area contributed by atoms with Crippen molar-refractivity contribution in [3.8, 4) is 0 Å². The molecule has 2 fully saturated rings. The monoisotopic (exact) mass is 1020 g/mol. The van der Waals surface area contributed by atoms with Gasteiger partial charge >= 0.3 is 27.8 Å². The summed E-state index contributed by atoms with van der Waals surface area (Å²) < 4.78 is 124. The summed E-state index contributed by atoms with van der Waals surface area (Å²) in [7, 11) is -5.39. The Morgan fingerprint density at radius 3 is 1.66 bits per heavy atom. The number of halogens is 8. The van der Waals surface area contributed by atoms with Crippen LogP contribution in [0.2, 0.25) is 0 Å². The fraction of sp³-hybridized carbons (Fsp3) is 0.943. The molecule has 24 heteroatoms. The average molecular weight is 1020 g/mol. The van der Waals surface area contributed by atoms with Gasteiger partial charge in [-0.25, -0.2) is 18.4 Å². The van der Waals surface area contributed by atoms with Crippen molar-refractivity contribution < 1.29 is 82.1 Å². The maximum absolute atomic E-state index is 12.5. The second kappa shape index (κ2) is 37.3. The maximum atomic E-state index is 12.5. The number of hydrogen-bond acceptors (Lipinski definition) is 13. The first-order chi connectivity index (χ1) is 27.5. The van der Waals surface area contributed by atoms with Crippen molar-refractivity contribution in [3.05, 3.63) is 0 Å². The second-order valence-electron chi connectivity index (χ2n) is 13.9. The van der Waals surface area contributed by atoms with Crippen molar-refractivity contribution in [2.75, 3.05) is 103 Å². The molecule has 2 atom stereocenters. The fourth-order valence-electron chi connectivity index (χ4n) is 3.84. The Labute approximate surface area is 362 Å². The fourth-order valence-corrected chi connectivity index (χ4v) is 4.65. The third-order valence-corrected chi connectivity index (χ3v) is 7.92. The molecule has 2 rings (SSSR count). The van der Waals surface area contributed by atoms with Crippen molar-refractivity contribution in [2.45, 2.75) is 109 Å². The normalized spacial score (nSPS) is 16.9. The van der Waals surface area contributed by atoms with Gasteiger partial charge in [0.05, 0.1) is 39.6 Å². The number of amides is 2. The molecule has 0 saturated carbocycles. The molecular weight excluding hydrogens is 957 g/mol. The number of hydrogen-bond donors (Lipinski definition) is 3. The van der Waals surface area contributed by atoms with Crippen LogP contribution in [0.4, 0.5) is 35.9 Å². The lowest BCUT2D eigenvalue weighted by Crippen LogP contribution is -2.40. The number of rotatable bonds is 18. The van der Waals surface area contributed by atoms with Crippen LogP contribution in [0.15, 0.2) is 0 Å². The molecule has 2 heterocycles. The molecule has 0 radical (unpaired) electrons. The van der Waals surface area contributed by atoms with Crippen molar-refractivity contribution >= 4 is 54.2 Å². The SMILES string of the molecule is CC(C)(C)OC(=O)N(CC[18F])CCOC1CCCCO1.CC(C)(C)OC(=O)NCCOC1CCCCO1.O=S(=O)(OCCBr)C(F)(F)F.OCCNCC[18F].[18F]CCBr. The molecule has 2 unspecified atom stereocenters. The molecule has 2 aliphatic rings. The van der Waals surface area contributed by atoms with Crippen LogP contribution < -0.4 is 10.6 Å². The van der Waals surface area contributed by atoms with Gasteiger partial charge in [0.15, 0.2) is 12.6 Å². The molecule has 356 valence electrons. The predicted octanol–water partition coefficient (Wildman–Crippen LogP) is 6.93. The highest BCUT2D eigenvalue weighted by atomic mass is 79.9. The van der Waals surface area contributed by atoms with Gasteiger partial charge in [-0.2, -0.15) is 21.6 Å². The minimum Gasteiger partial charge on any atom is -0.444 e. The van der Waals surface area contributed by atoms with Gasteiger partial charge in [0, 0.05) is 50.1 Å². The first-order valence-electron chi connectivity index (χ1n) is 19.0. The van der Waals surface area contributed by atoms with Crippen LogP contribution in [-0.4, -0.2) is 163 Å². The molecule has 59 heavy (non-hydrogen) atoms. The molecular formula is C35H67Br2F6N3O12S. The van der Waals surface area contributed by atoms with Crippen molar-refractivity contribution in [1.82, 2.24) is 15.5 Å². The number of aliphatic hydroxyl groups is 1. The molecule has 15 nitrogen and oxygen atoms in total. The van der Waals surface area contributed by atoms with E-state index in [1.807, 2.05) is 20.8 Å². The smallest absolute Gasteiger partial charge is 0.444 e. The molecule has 2 amide bonds. The Hall–Kier alpha value is -1.25. The summed E-state index contributed by atoms with van der Waals surface area (Å²) in [6.07, 6.45) is 4.98. The number of carbonyl (C=O) groups excluding carboxylic acids is 2. The molecule has 0 aromatic heterocycles. The van der Waals surface area contributed by atoms with Gasteiger partial charge in [-0.1, -0.05) is 31.9 Å². The first kappa shape index (κ1) is 62.0. The molecule has 3 N–H and O–H groups in total. The van der Waals surface area contributed by atoms with E-state index in [-0.39, 0.29) is 44.4 Å². The van der Waals surface area contributed by atoms with Crippen LogP contribution in [0.25, 0.3) is 0 Å². The largest absolute Gasteiger partial charge is 0.523 e. The van der Waals surface area contributed by atoms with E-state index in [4.69, 9.17) is 33.5 Å². The Morgan fingerprint density at radius 2 is 1.27 bits per heavy atom. The maximum Gasteiger partial charge on any atom is 0.523 e. The lowest BCUT2D eigenvalue weighted by Gasteiger charge is -2.28. The van der Waals surface area contributed by atoms with Crippen LogP contribution in [-0.2, 0) is 42.7 Å². The van der Waals surface area contributed by atoms with E-state index in [1.54, 1.807) is 20.8 Å². The molecule has 0 aromatic rings. The van der Waals surface area contributed by atoms with Crippen LogP contribution in [0, 0.1) is 0 Å². The van der Waals surface area contributed by atoms with E-state index in [0.717, 1.165) is 45.1 Å². The summed E-state index contributed by atoms with van der Waals surface area (Å²) in [4.78, 5) is 24.5. The summed E-state index contributed by atoms with van der Waals surface area (Å²) in [5.74, 6) is 0.